The van der Waals surface area contributed by atoms with Gasteiger partial charge in [-0.1, -0.05) is 79.9 Å². The summed E-state index contributed by atoms with van der Waals surface area (Å²) >= 11 is 3.20. The van der Waals surface area contributed by atoms with Crippen LogP contribution >= 0.6 is 23.1 Å². The standard InChI is InChI=1S/C14H19NOS.C12H9NO2S.C8H10O/c1-4-11-12(16)10-14(17-13(11)5-2)6-8-15(3)9-7-14;13-12-10(7-15)5-11(16-12)9-3-1-8(6-14)2-4-9;1-9-7-8-5-3-2-4-6-8/h4-5H,1-2,6-10H2,3H3;1-7H,13H2;2-6H,7H2,1H3. The minimum atomic E-state index is 0.111. The van der Waals surface area contributed by atoms with Crippen LogP contribution in [-0.2, 0) is 16.1 Å². The molecular formula is C34H38N2O4S2. The number of carbonyl (C=O) groups excluding carboxylic acids is 3. The van der Waals surface area contributed by atoms with Crippen molar-refractivity contribution in [1.82, 2.24) is 4.90 Å². The van der Waals surface area contributed by atoms with Crippen molar-refractivity contribution in [3.8, 4) is 10.4 Å². The number of anilines is 1. The van der Waals surface area contributed by atoms with Crippen LogP contribution < -0.4 is 5.73 Å². The number of hydrogen-bond acceptors (Lipinski definition) is 8. The van der Waals surface area contributed by atoms with Gasteiger partial charge in [0.25, 0.3) is 0 Å². The second-order valence-corrected chi connectivity index (χ2v) is 12.7. The van der Waals surface area contributed by atoms with Crippen molar-refractivity contribution >= 4 is 46.5 Å². The van der Waals surface area contributed by atoms with Gasteiger partial charge in [-0.15, -0.1) is 23.1 Å². The number of benzene rings is 2. The Morgan fingerprint density at radius 1 is 1.00 bits per heavy atom. The Morgan fingerprint density at radius 3 is 2.19 bits per heavy atom. The Balaban J connectivity index is 0.000000181. The number of thioether (sulfide) groups is 1. The maximum atomic E-state index is 12.1. The average molecular weight is 603 g/mol. The van der Waals surface area contributed by atoms with Crippen molar-refractivity contribution in [2.75, 3.05) is 33.0 Å². The molecule has 2 aliphatic rings. The molecule has 1 spiro atoms. The van der Waals surface area contributed by atoms with E-state index in [2.05, 4.69) is 25.1 Å². The number of nitrogens with zero attached hydrogens (tertiary/aromatic N) is 1. The Kier molecular flexibility index (Phi) is 12.7. The minimum absolute atomic E-state index is 0.111. The van der Waals surface area contributed by atoms with Crippen LogP contribution in [0, 0.1) is 0 Å². The average Bonchev–Trinajstić information content (AvgIpc) is 3.40. The molecule has 0 atom stereocenters. The zero-order valence-electron chi connectivity index (χ0n) is 24.2. The zero-order chi connectivity index (χ0) is 30.5. The molecule has 0 aliphatic carbocycles. The highest BCUT2D eigenvalue weighted by Gasteiger charge is 2.41. The summed E-state index contributed by atoms with van der Waals surface area (Å²) in [6.45, 7) is 10.4. The second-order valence-electron chi connectivity index (χ2n) is 10.1. The lowest BCUT2D eigenvalue weighted by Crippen LogP contribution is -2.43. The predicted molar refractivity (Wildman–Crippen MR) is 176 cm³/mol. The van der Waals surface area contributed by atoms with Crippen molar-refractivity contribution in [3.63, 3.8) is 0 Å². The van der Waals surface area contributed by atoms with E-state index in [9.17, 15) is 14.4 Å². The Morgan fingerprint density at radius 2 is 1.67 bits per heavy atom. The maximum absolute atomic E-state index is 12.1. The van der Waals surface area contributed by atoms with Crippen LogP contribution in [0.2, 0.25) is 0 Å². The summed E-state index contributed by atoms with van der Waals surface area (Å²) in [7, 11) is 3.84. The van der Waals surface area contributed by atoms with Crippen molar-refractivity contribution in [2.24, 2.45) is 0 Å². The van der Waals surface area contributed by atoms with Crippen molar-refractivity contribution in [1.29, 1.82) is 0 Å². The third-order valence-corrected chi connectivity index (χ3v) is 9.69. The van der Waals surface area contributed by atoms with Gasteiger partial charge in [-0.25, -0.2) is 0 Å². The van der Waals surface area contributed by atoms with Gasteiger partial charge in [0.2, 0.25) is 0 Å². The zero-order valence-corrected chi connectivity index (χ0v) is 25.8. The molecule has 1 aromatic heterocycles. The highest BCUT2D eigenvalue weighted by atomic mass is 32.2. The molecular weight excluding hydrogens is 565 g/mol. The fourth-order valence-corrected chi connectivity index (χ4v) is 6.99. The van der Waals surface area contributed by atoms with E-state index >= 15 is 0 Å². The number of allylic oxidation sites excluding steroid dienone is 3. The number of thiophene rings is 1. The lowest BCUT2D eigenvalue weighted by molar-refractivity contribution is -0.116. The molecule has 3 heterocycles. The minimum Gasteiger partial charge on any atom is -0.390 e. The molecule has 2 N–H and O–H groups in total. The van der Waals surface area contributed by atoms with Gasteiger partial charge in [0.1, 0.15) is 6.29 Å². The summed E-state index contributed by atoms with van der Waals surface area (Å²) < 4.78 is 5.04. The highest BCUT2D eigenvalue weighted by molar-refractivity contribution is 8.04. The topological polar surface area (TPSA) is 89.7 Å². The van der Waals surface area contributed by atoms with E-state index in [-0.39, 0.29) is 10.5 Å². The van der Waals surface area contributed by atoms with Crippen LogP contribution in [0.3, 0.4) is 0 Å². The van der Waals surface area contributed by atoms with Crippen LogP contribution in [0.4, 0.5) is 5.00 Å². The molecule has 1 fully saturated rings. The molecule has 0 saturated carbocycles. The molecule has 0 unspecified atom stereocenters. The SMILES string of the molecule is C=CC1=C(C=C)C(=O)CC2(CCN(C)CC2)S1.COCc1ccccc1.Nc1sc(-c2ccc(C=O)cc2)cc1C=O. The fraction of sp³-hybridized carbons (Fsp3) is 0.265. The second kappa shape index (κ2) is 16.2. The summed E-state index contributed by atoms with van der Waals surface area (Å²) in [6.07, 6.45) is 7.85. The number of ether oxygens (including phenoxy) is 1. The van der Waals surface area contributed by atoms with Crippen LogP contribution in [0.25, 0.3) is 10.4 Å². The van der Waals surface area contributed by atoms with E-state index in [0.29, 0.717) is 29.2 Å². The van der Waals surface area contributed by atoms with Gasteiger partial charge in [-0.3, -0.25) is 14.4 Å². The van der Waals surface area contributed by atoms with Crippen molar-refractivity contribution < 1.29 is 19.1 Å². The number of ketones is 1. The number of rotatable bonds is 7. The van der Waals surface area contributed by atoms with Gasteiger partial charge >= 0.3 is 0 Å². The number of likely N-dealkylation sites (tertiary alicyclic amines) is 1. The van der Waals surface area contributed by atoms with Crippen LogP contribution in [-0.4, -0.2) is 55.2 Å². The molecule has 0 amide bonds. The lowest BCUT2D eigenvalue weighted by atomic mass is 9.88. The van der Waals surface area contributed by atoms with Crippen LogP contribution in [0.15, 0.2) is 96.5 Å². The number of nitrogen functional groups attached to an aromatic ring is 1. The molecule has 1 saturated heterocycles. The summed E-state index contributed by atoms with van der Waals surface area (Å²) in [6, 6.07) is 19.0. The Bertz CT molecular complexity index is 1400. The Hall–Kier alpha value is -3.56. The van der Waals surface area contributed by atoms with E-state index in [1.165, 1.54) is 16.9 Å². The van der Waals surface area contributed by atoms with Gasteiger partial charge in [0.15, 0.2) is 12.1 Å². The fourth-order valence-electron chi connectivity index (χ4n) is 4.64. The van der Waals surface area contributed by atoms with Crippen molar-refractivity contribution in [3.05, 3.63) is 113 Å². The quantitative estimate of drug-likeness (QED) is 0.285. The highest BCUT2D eigenvalue weighted by Crippen LogP contribution is 2.48. The molecule has 6 nitrogen and oxygen atoms in total. The van der Waals surface area contributed by atoms with Crippen molar-refractivity contribution in [2.45, 2.75) is 30.6 Å². The van der Waals surface area contributed by atoms with Gasteiger partial charge in [-0.05, 0) is 50.2 Å². The molecule has 8 heteroatoms. The predicted octanol–water partition coefficient (Wildman–Crippen LogP) is 7.24. The van der Waals surface area contributed by atoms with E-state index in [1.807, 2.05) is 54.2 Å². The lowest BCUT2D eigenvalue weighted by Gasteiger charge is -2.42. The first kappa shape index (κ1) is 32.9. The molecule has 220 valence electrons. The van der Waals surface area contributed by atoms with Gasteiger partial charge in [0, 0.05) is 44.8 Å². The first-order valence-electron chi connectivity index (χ1n) is 13.6. The molecule has 2 aliphatic heterocycles. The number of carbonyl (C=O) groups is 3. The monoisotopic (exact) mass is 602 g/mol. The molecule has 5 rings (SSSR count). The van der Waals surface area contributed by atoms with E-state index in [1.54, 1.807) is 37.5 Å². The third kappa shape index (κ3) is 8.97. The van der Waals surface area contributed by atoms with Gasteiger partial charge in [0.05, 0.1) is 11.6 Å². The maximum Gasteiger partial charge on any atom is 0.165 e. The number of methoxy groups -OCH3 is 1. The van der Waals surface area contributed by atoms with Crippen LogP contribution in [0.1, 0.15) is 45.5 Å². The number of hydrogen-bond donors (Lipinski definition) is 1. The number of nitrogens with two attached hydrogens (primary N) is 1. The summed E-state index contributed by atoms with van der Waals surface area (Å²) in [5.74, 6) is 0.234. The summed E-state index contributed by atoms with van der Waals surface area (Å²) in [5, 5.41) is 0.518. The van der Waals surface area contributed by atoms with Gasteiger partial charge < -0.3 is 15.4 Å². The first-order chi connectivity index (χ1) is 20.3. The Labute approximate surface area is 257 Å². The van der Waals surface area contributed by atoms with E-state index in [0.717, 1.165) is 59.4 Å². The number of Topliss-reactive ketones (excluding diaryl/α,β-unsaturated/α-hetero) is 1. The summed E-state index contributed by atoms with van der Waals surface area (Å²) in [4.78, 5) is 37.6. The third-order valence-electron chi connectivity index (χ3n) is 7.07. The molecule has 0 bridgehead atoms. The first-order valence-corrected chi connectivity index (χ1v) is 15.2. The number of piperidine rings is 1. The summed E-state index contributed by atoms with van der Waals surface area (Å²) in [5.41, 5.74) is 9.75. The molecule has 2 aromatic carbocycles. The smallest absolute Gasteiger partial charge is 0.165 e. The van der Waals surface area contributed by atoms with E-state index < -0.39 is 0 Å². The largest absolute Gasteiger partial charge is 0.390 e. The van der Waals surface area contributed by atoms with Gasteiger partial charge in [-0.2, -0.15) is 0 Å². The molecule has 0 radical (unpaired) electrons. The molecule has 3 aromatic rings. The molecule has 42 heavy (non-hydrogen) atoms. The normalized spacial score (nSPS) is 16.0. The van der Waals surface area contributed by atoms with E-state index in [4.69, 9.17) is 10.5 Å². The van der Waals surface area contributed by atoms with Crippen LogP contribution in [0.5, 0.6) is 0 Å². The number of aldehydes is 2.